The zero-order valence-corrected chi connectivity index (χ0v) is 8.17. The normalized spacial score (nSPS) is 13.6. The summed E-state index contributed by atoms with van der Waals surface area (Å²) in [4.78, 5) is 3.39. The molecule has 0 bridgehead atoms. The van der Waals surface area contributed by atoms with Crippen molar-refractivity contribution in [1.82, 2.24) is 25.1 Å². The van der Waals surface area contributed by atoms with Gasteiger partial charge in [-0.05, 0) is 19.2 Å². The number of aliphatic hydroxyl groups excluding tert-OH is 1. The average Bonchev–Trinajstić information content (AvgIpc) is 2.49. The molecule has 0 radical (unpaired) electrons. The van der Waals surface area contributed by atoms with E-state index in [0.29, 0.717) is 12.4 Å². The highest BCUT2D eigenvalue weighted by molar-refractivity contribution is 4.77. The molecule has 74 valence electrons. The van der Waals surface area contributed by atoms with Gasteiger partial charge >= 0.3 is 0 Å². The lowest BCUT2D eigenvalue weighted by atomic mass is 10.3. The topological polar surface area (TPSA) is 67.1 Å². The van der Waals surface area contributed by atoms with Crippen molar-refractivity contribution in [3.05, 3.63) is 5.82 Å². The predicted octanol–water partition coefficient (Wildman–Crippen LogP) is -0.977. The molecule has 0 aliphatic carbocycles. The van der Waals surface area contributed by atoms with Crippen LogP contribution in [0.1, 0.15) is 12.7 Å². The van der Waals surface area contributed by atoms with Crippen molar-refractivity contribution < 1.29 is 5.11 Å². The van der Waals surface area contributed by atoms with Crippen LogP contribution in [0.5, 0.6) is 0 Å². The number of hydrogen-bond acceptors (Lipinski definition) is 5. The van der Waals surface area contributed by atoms with Crippen LogP contribution in [-0.4, -0.2) is 49.9 Å². The highest BCUT2D eigenvalue weighted by Gasteiger charge is 2.10. The Kier molecular flexibility index (Phi) is 3.32. The predicted molar refractivity (Wildman–Crippen MR) is 46.8 cm³/mol. The minimum Gasteiger partial charge on any atom is -0.395 e. The standard InChI is InChI=1S/C7H15N5O/c1-6(5-13)11(2)4-7-8-10-12(3)9-7/h6,13H,4-5H2,1-3H3. The van der Waals surface area contributed by atoms with Crippen LogP contribution in [0, 0.1) is 0 Å². The maximum absolute atomic E-state index is 8.89. The molecule has 1 N–H and O–H groups in total. The zero-order chi connectivity index (χ0) is 9.84. The summed E-state index contributed by atoms with van der Waals surface area (Å²) >= 11 is 0. The molecule has 6 nitrogen and oxygen atoms in total. The summed E-state index contributed by atoms with van der Waals surface area (Å²) in [6, 6.07) is 0.115. The molecule has 0 aliphatic heterocycles. The Morgan fingerprint density at radius 1 is 1.62 bits per heavy atom. The van der Waals surface area contributed by atoms with Gasteiger partial charge in [0.15, 0.2) is 5.82 Å². The second-order valence-electron chi connectivity index (χ2n) is 3.14. The molecular formula is C7H15N5O. The van der Waals surface area contributed by atoms with Crippen LogP contribution in [0.4, 0.5) is 0 Å². The summed E-state index contributed by atoms with van der Waals surface area (Å²) in [6.45, 7) is 2.68. The van der Waals surface area contributed by atoms with E-state index in [1.54, 1.807) is 7.05 Å². The highest BCUT2D eigenvalue weighted by Crippen LogP contribution is 1.99. The van der Waals surface area contributed by atoms with Gasteiger partial charge in [0, 0.05) is 6.04 Å². The van der Waals surface area contributed by atoms with Gasteiger partial charge in [-0.15, -0.1) is 10.2 Å². The number of nitrogens with zero attached hydrogens (tertiary/aromatic N) is 5. The zero-order valence-electron chi connectivity index (χ0n) is 8.17. The van der Waals surface area contributed by atoms with Crippen molar-refractivity contribution in [2.45, 2.75) is 19.5 Å². The summed E-state index contributed by atoms with van der Waals surface area (Å²) in [7, 11) is 3.64. The Labute approximate surface area is 77.2 Å². The summed E-state index contributed by atoms with van der Waals surface area (Å²) in [6.07, 6.45) is 0. The lowest BCUT2D eigenvalue weighted by molar-refractivity contribution is 0.151. The van der Waals surface area contributed by atoms with Crippen molar-refractivity contribution in [2.75, 3.05) is 13.7 Å². The van der Waals surface area contributed by atoms with Gasteiger partial charge in [-0.2, -0.15) is 4.80 Å². The molecule has 1 heterocycles. The molecule has 0 aliphatic rings. The minimum absolute atomic E-state index is 0.115. The van der Waals surface area contributed by atoms with Gasteiger partial charge in [0.2, 0.25) is 0 Å². The van der Waals surface area contributed by atoms with Crippen LogP contribution in [-0.2, 0) is 13.6 Å². The van der Waals surface area contributed by atoms with E-state index >= 15 is 0 Å². The molecule has 0 amide bonds. The second kappa shape index (κ2) is 4.29. The van der Waals surface area contributed by atoms with Crippen LogP contribution in [0.2, 0.25) is 0 Å². The van der Waals surface area contributed by atoms with Crippen molar-refractivity contribution in [3.63, 3.8) is 0 Å². The highest BCUT2D eigenvalue weighted by atomic mass is 16.3. The van der Waals surface area contributed by atoms with Crippen LogP contribution in [0.3, 0.4) is 0 Å². The molecule has 0 saturated heterocycles. The van der Waals surface area contributed by atoms with Crippen molar-refractivity contribution in [1.29, 1.82) is 0 Å². The van der Waals surface area contributed by atoms with E-state index in [1.165, 1.54) is 4.80 Å². The maximum atomic E-state index is 8.89. The first kappa shape index (κ1) is 10.1. The quantitative estimate of drug-likeness (QED) is 0.653. The Morgan fingerprint density at radius 2 is 2.31 bits per heavy atom. The van der Waals surface area contributed by atoms with Gasteiger partial charge < -0.3 is 5.11 Å². The number of aliphatic hydroxyl groups is 1. The number of tetrazole rings is 1. The summed E-state index contributed by atoms with van der Waals surface area (Å²) in [5.41, 5.74) is 0. The van der Waals surface area contributed by atoms with E-state index in [0.717, 1.165) is 0 Å². The molecule has 1 atom stereocenters. The SMILES string of the molecule is CC(CO)N(C)Cc1nnn(C)n1. The Bertz CT molecular complexity index is 261. The van der Waals surface area contributed by atoms with Gasteiger partial charge in [-0.25, -0.2) is 0 Å². The van der Waals surface area contributed by atoms with E-state index in [-0.39, 0.29) is 12.6 Å². The molecule has 0 aromatic carbocycles. The molecule has 1 unspecified atom stereocenters. The Hall–Kier alpha value is -1.01. The number of aromatic nitrogens is 4. The molecule has 0 spiro atoms. The number of likely N-dealkylation sites (N-methyl/N-ethyl adjacent to an activating group) is 1. The fraction of sp³-hybridized carbons (Fsp3) is 0.857. The molecule has 6 heteroatoms. The first-order valence-corrected chi connectivity index (χ1v) is 4.17. The minimum atomic E-state index is 0.115. The largest absolute Gasteiger partial charge is 0.395 e. The van der Waals surface area contributed by atoms with Crippen LogP contribution < -0.4 is 0 Å². The monoisotopic (exact) mass is 185 g/mol. The molecule has 0 saturated carbocycles. The number of hydrogen-bond donors (Lipinski definition) is 1. The molecule has 0 fully saturated rings. The Morgan fingerprint density at radius 3 is 2.77 bits per heavy atom. The molecule has 13 heavy (non-hydrogen) atoms. The first-order chi connectivity index (χ1) is 6.13. The Balaban J connectivity index is 2.49. The summed E-state index contributed by atoms with van der Waals surface area (Å²) in [5.74, 6) is 0.672. The lowest BCUT2D eigenvalue weighted by Gasteiger charge is -2.20. The van der Waals surface area contributed by atoms with Crippen LogP contribution in [0.25, 0.3) is 0 Å². The van der Waals surface area contributed by atoms with Gasteiger partial charge in [0.05, 0.1) is 20.2 Å². The third kappa shape index (κ3) is 2.74. The van der Waals surface area contributed by atoms with Crippen molar-refractivity contribution in [3.8, 4) is 0 Å². The third-order valence-corrected chi connectivity index (χ3v) is 1.96. The maximum Gasteiger partial charge on any atom is 0.188 e. The number of rotatable bonds is 4. The van der Waals surface area contributed by atoms with Crippen LogP contribution >= 0.6 is 0 Å². The van der Waals surface area contributed by atoms with Gasteiger partial charge in [-0.1, -0.05) is 0 Å². The molecule has 1 rings (SSSR count). The summed E-state index contributed by atoms with van der Waals surface area (Å²) < 4.78 is 0. The van der Waals surface area contributed by atoms with E-state index < -0.39 is 0 Å². The van der Waals surface area contributed by atoms with Crippen LogP contribution in [0.15, 0.2) is 0 Å². The smallest absolute Gasteiger partial charge is 0.188 e. The fourth-order valence-electron chi connectivity index (χ4n) is 0.905. The summed E-state index contributed by atoms with van der Waals surface area (Å²) in [5, 5.41) is 20.5. The van der Waals surface area contributed by atoms with E-state index in [2.05, 4.69) is 15.4 Å². The van der Waals surface area contributed by atoms with E-state index in [1.807, 2.05) is 18.9 Å². The van der Waals surface area contributed by atoms with Crippen molar-refractivity contribution in [2.24, 2.45) is 7.05 Å². The molecule has 1 aromatic heterocycles. The van der Waals surface area contributed by atoms with E-state index in [4.69, 9.17) is 5.11 Å². The van der Waals surface area contributed by atoms with Gasteiger partial charge in [-0.3, -0.25) is 4.90 Å². The van der Waals surface area contributed by atoms with Gasteiger partial charge in [0.1, 0.15) is 0 Å². The second-order valence-corrected chi connectivity index (χ2v) is 3.14. The third-order valence-electron chi connectivity index (χ3n) is 1.96. The average molecular weight is 185 g/mol. The van der Waals surface area contributed by atoms with Crippen molar-refractivity contribution >= 4 is 0 Å². The molecule has 1 aromatic rings. The number of aryl methyl sites for hydroxylation is 1. The lowest BCUT2D eigenvalue weighted by Crippen LogP contribution is -2.31. The van der Waals surface area contributed by atoms with E-state index in [9.17, 15) is 0 Å². The first-order valence-electron chi connectivity index (χ1n) is 4.17. The molecular weight excluding hydrogens is 170 g/mol. The fourth-order valence-corrected chi connectivity index (χ4v) is 0.905. The van der Waals surface area contributed by atoms with Gasteiger partial charge in [0.25, 0.3) is 0 Å².